The van der Waals surface area contributed by atoms with Crippen molar-refractivity contribution in [3.8, 4) is 22.9 Å². The molecule has 0 saturated heterocycles. The third-order valence-corrected chi connectivity index (χ3v) is 4.07. The molecule has 3 aromatic rings. The van der Waals surface area contributed by atoms with E-state index < -0.39 is 11.8 Å². The molecule has 0 aliphatic carbocycles. The van der Waals surface area contributed by atoms with E-state index in [1.807, 2.05) is 6.07 Å². The van der Waals surface area contributed by atoms with Crippen LogP contribution in [0.5, 0.6) is 11.5 Å². The van der Waals surface area contributed by atoms with Gasteiger partial charge in [-0.3, -0.25) is 25.4 Å². The Hall–Kier alpha value is -3.95. The quantitative estimate of drug-likeness (QED) is 0.619. The molecule has 2 amide bonds. The molecular formula is C19H17N5O5. The minimum absolute atomic E-state index is 0.0656. The van der Waals surface area contributed by atoms with E-state index in [2.05, 4.69) is 26.0 Å². The van der Waals surface area contributed by atoms with Crippen molar-refractivity contribution in [1.82, 2.24) is 26.0 Å². The topological polar surface area (TPSA) is 128 Å². The van der Waals surface area contributed by atoms with Gasteiger partial charge in [0.2, 0.25) is 17.6 Å². The summed E-state index contributed by atoms with van der Waals surface area (Å²) in [6, 6.07) is 8.38. The molecule has 148 valence electrons. The molecule has 2 aromatic heterocycles. The molecule has 0 spiro atoms. The van der Waals surface area contributed by atoms with Crippen LogP contribution >= 0.6 is 0 Å². The Bertz CT molecular complexity index is 1020. The first-order valence-corrected chi connectivity index (χ1v) is 8.91. The van der Waals surface area contributed by atoms with Gasteiger partial charge in [-0.2, -0.15) is 4.98 Å². The summed E-state index contributed by atoms with van der Waals surface area (Å²) in [5.41, 5.74) is 5.78. The zero-order valence-electron chi connectivity index (χ0n) is 15.3. The molecule has 0 saturated carbocycles. The number of aryl methyl sites for hydroxylation is 1. The molecule has 3 heterocycles. The minimum Gasteiger partial charge on any atom is -0.486 e. The molecule has 0 bridgehead atoms. The molecule has 1 aromatic carbocycles. The summed E-state index contributed by atoms with van der Waals surface area (Å²) in [6.45, 7) is 0.894. The van der Waals surface area contributed by atoms with E-state index in [0.29, 0.717) is 42.0 Å². The number of nitrogens with zero attached hydrogens (tertiary/aromatic N) is 3. The largest absolute Gasteiger partial charge is 0.486 e. The van der Waals surface area contributed by atoms with E-state index >= 15 is 0 Å². The average Bonchev–Trinajstić information content (AvgIpc) is 3.25. The highest BCUT2D eigenvalue weighted by atomic mass is 16.6. The van der Waals surface area contributed by atoms with Crippen molar-refractivity contribution in [3.05, 3.63) is 54.2 Å². The monoisotopic (exact) mass is 395 g/mol. The lowest BCUT2D eigenvalue weighted by atomic mass is 10.2. The van der Waals surface area contributed by atoms with Gasteiger partial charge in [-0.05, 0) is 30.3 Å². The number of aromatic nitrogens is 3. The maximum absolute atomic E-state index is 12.2. The fraction of sp³-hybridized carbons (Fsp3) is 0.211. The van der Waals surface area contributed by atoms with Crippen molar-refractivity contribution >= 4 is 11.8 Å². The number of ether oxygens (including phenoxy) is 2. The third kappa shape index (κ3) is 4.49. The lowest BCUT2D eigenvalue weighted by Gasteiger charge is -2.18. The normalized spacial score (nSPS) is 12.3. The lowest BCUT2D eigenvalue weighted by Crippen LogP contribution is -2.41. The second-order valence-corrected chi connectivity index (χ2v) is 6.11. The fourth-order valence-electron chi connectivity index (χ4n) is 2.63. The zero-order valence-corrected chi connectivity index (χ0v) is 15.3. The maximum atomic E-state index is 12.2. The number of benzene rings is 1. The Kier molecular flexibility index (Phi) is 5.32. The number of pyridine rings is 1. The number of nitrogens with one attached hydrogen (secondary N) is 2. The van der Waals surface area contributed by atoms with Gasteiger partial charge in [0.15, 0.2) is 11.5 Å². The Morgan fingerprint density at radius 1 is 1.07 bits per heavy atom. The molecular weight excluding hydrogens is 378 g/mol. The van der Waals surface area contributed by atoms with Crippen LogP contribution in [-0.2, 0) is 11.2 Å². The number of carbonyl (C=O) groups is 2. The number of amides is 2. The van der Waals surface area contributed by atoms with Crippen LogP contribution < -0.4 is 20.3 Å². The SMILES string of the molecule is O=C(CCc1nc(-c2cccnc2)no1)NNC(=O)c1ccc2c(c1)OCCO2. The van der Waals surface area contributed by atoms with Gasteiger partial charge in [0.05, 0.1) is 0 Å². The summed E-state index contributed by atoms with van der Waals surface area (Å²) in [5, 5.41) is 3.86. The van der Waals surface area contributed by atoms with E-state index in [4.69, 9.17) is 14.0 Å². The zero-order chi connectivity index (χ0) is 20.1. The van der Waals surface area contributed by atoms with Gasteiger partial charge in [-0.1, -0.05) is 5.16 Å². The number of hydrazine groups is 1. The van der Waals surface area contributed by atoms with Gasteiger partial charge >= 0.3 is 0 Å². The fourth-order valence-corrected chi connectivity index (χ4v) is 2.63. The first-order chi connectivity index (χ1) is 14.2. The molecule has 0 unspecified atom stereocenters. The van der Waals surface area contributed by atoms with E-state index in [0.717, 1.165) is 5.56 Å². The summed E-state index contributed by atoms with van der Waals surface area (Å²) < 4.78 is 16.0. The molecule has 0 radical (unpaired) electrons. The number of carbonyl (C=O) groups excluding carboxylic acids is 2. The Labute approximate surface area is 165 Å². The molecule has 29 heavy (non-hydrogen) atoms. The maximum Gasteiger partial charge on any atom is 0.269 e. The molecule has 4 rings (SSSR count). The van der Waals surface area contributed by atoms with Gasteiger partial charge < -0.3 is 14.0 Å². The molecule has 0 fully saturated rings. The summed E-state index contributed by atoms with van der Waals surface area (Å²) in [7, 11) is 0. The lowest BCUT2D eigenvalue weighted by molar-refractivity contribution is -0.121. The second-order valence-electron chi connectivity index (χ2n) is 6.11. The Morgan fingerprint density at radius 3 is 2.76 bits per heavy atom. The summed E-state index contributed by atoms with van der Waals surface area (Å²) in [4.78, 5) is 32.4. The van der Waals surface area contributed by atoms with Crippen molar-refractivity contribution in [1.29, 1.82) is 0 Å². The highest BCUT2D eigenvalue weighted by molar-refractivity contribution is 5.96. The van der Waals surface area contributed by atoms with E-state index in [1.165, 1.54) is 0 Å². The molecule has 2 N–H and O–H groups in total. The van der Waals surface area contributed by atoms with Crippen LogP contribution in [0.2, 0.25) is 0 Å². The van der Waals surface area contributed by atoms with Crippen LogP contribution in [0.1, 0.15) is 22.7 Å². The summed E-state index contributed by atoms with van der Waals surface area (Å²) >= 11 is 0. The number of hydrogen-bond donors (Lipinski definition) is 2. The summed E-state index contributed by atoms with van der Waals surface area (Å²) in [6.07, 6.45) is 3.57. The number of rotatable bonds is 5. The van der Waals surface area contributed by atoms with Crippen molar-refractivity contribution in [3.63, 3.8) is 0 Å². The van der Waals surface area contributed by atoms with Crippen molar-refractivity contribution in [2.75, 3.05) is 13.2 Å². The van der Waals surface area contributed by atoms with Gasteiger partial charge in [0.25, 0.3) is 5.91 Å². The van der Waals surface area contributed by atoms with Crippen LogP contribution in [0.15, 0.2) is 47.2 Å². The van der Waals surface area contributed by atoms with Gasteiger partial charge in [0.1, 0.15) is 13.2 Å². The van der Waals surface area contributed by atoms with Crippen molar-refractivity contribution in [2.45, 2.75) is 12.8 Å². The van der Waals surface area contributed by atoms with Crippen molar-refractivity contribution in [2.24, 2.45) is 0 Å². The van der Waals surface area contributed by atoms with Crippen LogP contribution in [0, 0.1) is 0 Å². The molecule has 1 aliphatic heterocycles. The highest BCUT2D eigenvalue weighted by Gasteiger charge is 2.16. The number of fused-ring (bicyclic) bond motifs is 1. The molecule has 10 heteroatoms. The van der Waals surface area contributed by atoms with E-state index in [9.17, 15) is 9.59 Å². The highest BCUT2D eigenvalue weighted by Crippen LogP contribution is 2.30. The number of hydrogen-bond acceptors (Lipinski definition) is 8. The molecule has 0 atom stereocenters. The van der Waals surface area contributed by atoms with Gasteiger partial charge in [-0.15, -0.1) is 0 Å². The summed E-state index contributed by atoms with van der Waals surface area (Å²) in [5.74, 6) is 0.944. The first kappa shape index (κ1) is 18.4. The van der Waals surface area contributed by atoms with Gasteiger partial charge in [-0.25, -0.2) is 0 Å². The average molecular weight is 395 g/mol. The minimum atomic E-state index is -0.466. The smallest absolute Gasteiger partial charge is 0.269 e. The standard InChI is InChI=1S/C19H17N5O5/c25-16(5-6-17-21-18(24-29-17)13-2-1-7-20-11-13)22-23-19(26)12-3-4-14-15(10-12)28-9-8-27-14/h1-4,7,10-11H,5-6,8-9H2,(H,22,25)(H,23,26). The second kappa shape index (κ2) is 8.38. The Balaban J connectivity index is 1.26. The van der Waals surface area contributed by atoms with E-state index in [-0.39, 0.29) is 12.8 Å². The van der Waals surface area contributed by atoms with E-state index in [1.54, 1.807) is 36.7 Å². The van der Waals surface area contributed by atoms with Crippen LogP contribution in [0.25, 0.3) is 11.4 Å². The third-order valence-electron chi connectivity index (χ3n) is 4.07. The van der Waals surface area contributed by atoms with Crippen molar-refractivity contribution < 1.29 is 23.6 Å². The van der Waals surface area contributed by atoms with Gasteiger partial charge in [0, 0.05) is 36.4 Å². The predicted octanol–water partition coefficient (Wildman–Crippen LogP) is 1.30. The van der Waals surface area contributed by atoms with Crippen LogP contribution in [0.3, 0.4) is 0 Å². The van der Waals surface area contributed by atoms with Crippen LogP contribution in [0.4, 0.5) is 0 Å². The molecule has 1 aliphatic rings. The van der Waals surface area contributed by atoms with Crippen LogP contribution in [-0.4, -0.2) is 40.2 Å². The first-order valence-electron chi connectivity index (χ1n) is 8.91. The predicted molar refractivity (Wildman–Crippen MR) is 98.9 cm³/mol. The Morgan fingerprint density at radius 2 is 1.93 bits per heavy atom. The molecule has 10 nitrogen and oxygen atoms in total.